The molecule has 0 radical (unpaired) electrons. The van der Waals surface area contributed by atoms with Gasteiger partial charge in [-0.1, -0.05) is 0 Å². The van der Waals surface area contributed by atoms with Crippen molar-refractivity contribution >= 4 is 0 Å². The van der Waals surface area contributed by atoms with Crippen LogP contribution in [0.1, 0.15) is 12.8 Å². The average Bonchev–Trinajstić information content (AvgIpc) is 2.66. The monoisotopic (exact) mass is 140 g/mol. The van der Waals surface area contributed by atoms with Crippen molar-refractivity contribution in [2.24, 2.45) is 11.8 Å². The highest BCUT2D eigenvalue weighted by molar-refractivity contribution is 4.96. The highest BCUT2D eigenvalue weighted by Gasteiger charge is 2.41. The van der Waals surface area contributed by atoms with Gasteiger partial charge in [0.15, 0.2) is 0 Å². The van der Waals surface area contributed by atoms with Crippen molar-refractivity contribution in [3.8, 4) is 0 Å². The van der Waals surface area contributed by atoms with Gasteiger partial charge in [0.1, 0.15) is 0 Å². The largest absolute Gasteiger partial charge is 0.318 e. The summed E-state index contributed by atoms with van der Waals surface area (Å²) in [4.78, 5) is 0. The first-order valence-electron chi connectivity index (χ1n) is 4.28. The van der Waals surface area contributed by atoms with Gasteiger partial charge in [-0.05, 0) is 38.3 Å². The van der Waals surface area contributed by atoms with E-state index in [9.17, 15) is 0 Å². The summed E-state index contributed by atoms with van der Waals surface area (Å²) in [5.74, 6) is 2.13. The molecule has 3 atom stereocenters. The molecule has 1 saturated heterocycles. The summed E-state index contributed by atoms with van der Waals surface area (Å²) in [6.07, 6.45) is 2.90. The highest BCUT2D eigenvalue weighted by Crippen LogP contribution is 2.43. The number of piperidine rings is 1. The Morgan fingerprint density at radius 3 is 3.00 bits per heavy atom. The topological polar surface area (TPSA) is 24.1 Å². The van der Waals surface area contributed by atoms with Gasteiger partial charge in [-0.2, -0.15) is 0 Å². The number of hydrogen-bond donors (Lipinski definition) is 2. The second kappa shape index (κ2) is 2.51. The molecule has 2 nitrogen and oxygen atoms in total. The smallest absolute Gasteiger partial charge is 0.0195 e. The van der Waals surface area contributed by atoms with Gasteiger partial charge in [0.25, 0.3) is 0 Å². The van der Waals surface area contributed by atoms with Crippen LogP contribution in [0.25, 0.3) is 0 Å². The molecule has 1 aliphatic carbocycles. The molecule has 10 heavy (non-hydrogen) atoms. The number of fused-ring (bicyclic) bond motifs is 1. The van der Waals surface area contributed by atoms with Crippen LogP contribution in [-0.4, -0.2) is 26.2 Å². The summed E-state index contributed by atoms with van der Waals surface area (Å²) >= 11 is 0. The minimum Gasteiger partial charge on any atom is -0.318 e. The van der Waals surface area contributed by atoms with Crippen LogP contribution in [0, 0.1) is 11.8 Å². The first-order valence-corrected chi connectivity index (χ1v) is 4.28. The molecule has 0 amide bonds. The van der Waals surface area contributed by atoms with E-state index in [4.69, 9.17) is 0 Å². The Bertz CT molecular complexity index is 124. The lowest BCUT2D eigenvalue weighted by atomic mass is 10.1. The Kier molecular flexibility index (Phi) is 1.66. The molecule has 2 fully saturated rings. The molecule has 1 heterocycles. The Morgan fingerprint density at radius 2 is 2.30 bits per heavy atom. The molecule has 0 bridgehead atoms. The minimum absolute atomic E-state index is 0.758. The number of likely N-dealkylation sites (N-methyl/N-ethyl adjacent to an activating group) is 1. The Hall–Kier alpha value is -0.0800. The van der Waals surface area contributed by atoms with Crippen LogP contribution in [0.4, 0.5) is 0 Å². The maximum absolute atomic E-state index is 3.55. The van der Waals surface area contributed by atoms with Gasteiger partial charge in [-0.25, -0.2) is 0 Å². The molecular formula is C8H16N2. The van der Waals surface area contributed by atoms with Gasteiger partial charge < -0.3 is 10.6 Å². The summed E-state index contributed by atoms with van der Waals surface area (Å²) in [5, 5.41) is 6.76. The molecule has 2 heteroatoms. The van der Waals surface area contributed by atoms with Crippen LogP contribution in [0.2, 0.25) is 0 Å². The number of hydrogen-bond acceptors (Lipinski definition) is 2. The van der Waals surface area contributed by atoms with Crippen LogP contribution in [0.15, 0.2) is 0 Å². The fraction of sp³-hybridized carbons (Fsp3) is 1.00. The summed E-state index contributed by atoms with van der Waals surface area (Å²) in [7, 11) is 2.03. The number of rotatable bonds is 2. The van der Waals surface area contributed by atoms with Crippen molar-refractivity contribution < 1.29 is 0 Å². The van der Waals surface area contributed by atoms with E-state index in [1.807, 2.05) is 7.05 Å². The van der Waals surface area contributed by atoms with E-state index in [1.54, 1.807) is 0 Å². The van der Waals surface area contributed by atoms with Gasteiger partial charge in [0.2, 0.25) is 0 Å². The maximum Gasteiger partial charge on any atom is 0.0195 e. The van der Waals surface area contributed by atoms with E-state index >= 15 is 0 Å². The summed E-state index contributed by atoms with van der Waals surface area (Å²) < 4.78 is 0. The Balaban J connectivity index is 1.77. The second-order valence-corrected chi connectivity index (χ2v) is 3.65. The third-order valence-electron chi connectivity index (χ3n) is 2.78. The first-order chi connectivity index (χ1) is 4.90. The summed E-state index contributed by atoms with van der Waals surface area (Å²) in [6.45, 7) is 2.42. The van der Waals surface area contributed by atoms with E-state index in [0.717, 1.165) is 24.4 Å². The van der Waals surface area contributed by atoms with Crippen molar-refractivity contribution in [1.82, 2.24) is 10.6 Å². The van der Waals surface area contributed by atoms with Gasteiger partial charge in [0, 0.05) is 12.6 Å². The summed E-state index contributed by atoms with van der Waals surface area (Å²) in [6, 6.07) is 0.758. The quantitative estimate of drug-likeness (QED) is 0.572. The fourth-order valence-electron chi connectivity index (χ4n) is 2.02. The first kappa shape index (κ1) is 6.62. The fourth-order valence-corrected chi connectivity index (χ4v) is 2.02. The lowest BCUT2D eigenvalue weighted by Gasteiger charge is -2.22. The zero-order valence-corrected chi connectivity index (χ0v) is 6.56. The zero-order valence-electron chi connectivity index (χ0n) is 6.56. The van der Waals surface area contributed by atoms with Gasteiger partial charge in [-0.15, -0.1) is 0 Å². The van der Waals surface area contributed by atoms with E-state index in [1.165, 1.54) is 19.4 Å². The van der Waals surface area contributed by atoms with Crippen molar-refractivity contribution in [3.05, 3.63) is 0 Å². The molecule has 2 aliphatic rings. The minimum atomic E-state index is 0.758. The van der Waals surface area contributed by atoms with E-state index in [0.29, 0.717) is 0 Å². The zero-order chi connectivity index (χ0) is 6.97. The standard InChI is InChI=1S/C8H16N2/c1-9-5-8-3-6-2-7(6)4-10-8/h6-10H,2-5H2,1H3/t6-,7+,8-/m0/s1. The molecule has 0 spiro atoms. The lowest BCUT2D eigenvalue weighted by molar-refractivity contribution is 0.377. The predicted molar refractivity (Wildman–Crippen MR) is 41.9 cm³/mol. The molecule has 2 N–H and O–H groups in total. The third-order valence-corrected chi connectivity index (χ3v) is 2.78. The Morgan fingerprint density at radius 1 is 1.40 bits per heavy atom. The molecular weight excluding hydrogens is 124 g/mol. The molecule has 58 valence electrons. The van der Waals surface area contributed by atoms with Crippen LogP contribution in [-0.2, 0) is 0 Å². The lowest BCUT2D eigenvalue weighted by Crippen LogP contribution is -2.41. The summed E-state index contributed by atoms with van der Waals surface area (Å²) in [5.41, 5.74) is 0. The normalized spacial score (nSPS) is 44.7. The van der Waals surface area contributed by atoms with Crippen LogP contribution in [0.3, 0.4) is 0 Å². The Labute approximate surface area is 62.4 Å². The number of nitrogens with one attached hydrogen (secondary N) is 2. The second-order valence-electron chi connectivity index (χ2n) is 3.65. The van der Waals surface area contributed by atoms with Crippen molar-refractivity contribution in [1.29, 1.82) is 0 Å². The van der Waals surface area contributed by atoms with Crippen LogP contribution >= 0.6 is 0 Å². The van der Waals surface area contributed by atoms with Crippen LogP contribution < -0.4 is 10.6 Å². The maximum atomic E-state index is 3.55. The molecule has 0 aromatic carbocycles. The average molecular weight is 140 g/mol. The van der Waals surface area contributed by atoms with E-state index in [-0.39, 0.29) is 0 Å². The highest BCUT2D eigenvalue weighted by atomic mass is 15.0. The molecule has 0 unspecified atom stereocenters. The molecule has 2 rings (SSSR count). The predicted octanol–water partition coefficient (Wildman–Crippen LogP) is 0.204. The molecule has 0 aromatic heterocycles. The van der Waals surface area contributed by atoms with E-state index < -0.39 is 0 Å². The van der Waals surface area contributed by atoms with Gasteiger partial charge in [0.05, 0.1) is 0 Å². The van der Waals surface area contributed by atoms with Gasteiger partial charge >= 0.3 is 0 Å². The molecule has 1 saturated carbocycles. The third kappa shape index (κ3) is 1.18. The van der Waals surface area contributed by atoms with Crippen molar-refractivity contribution in [3.63, 3.8) is 0 Å². The SMILES string of the molecule is CNC[C@@H]1C[C@@H]2C[C@@H]2CN1. The van der Waals surface area contributed by atoms with Gasteiger partial charge in [-0.3, -0.25) is 0 Å². The molecule has 1 aliphatic heterocycles. The van der Waals surface area contributed by atoms with Crippen molar-refractivity contribution in [2.45, 2.75) is 18.9 Å². The molecule has 0 aromatic rings. The van der Waals surface area contributed by atoms with E-state index in [2.05, 4.69) is 10.6 Å². The van der Waals surface area contributed by atoms with Crippen molar-refractivity contribution in [2.75, 3.05) is 20.1 Å². The van der Waals surface area contributed by atoms with Crippen LogP contribution in [0.5, 0.6) is 0 Å².